The quantitative estimate of drug-likeness (QED) is 0.696. The molecule has 0 aliphatic carbocycles. The predicted octanol–water partition coefficient (Wildman–Crippen LogP) is 4.49. The number of aryl methyl sites for hydroxylation is 1. The van der Waals surface area contributed by atoms with Gasteiger partial charge in [-0.15, -0.1) is 0 Å². The summed E-state index contributed by atoms with van der Waals surface area (Å²) in [5, 5.41) is 3.03. The van der Waals surface area contributed by atoms with Crippen molar-refractivity contribution in [3.05, 3.63) is 58.1 Å². The van der Waals surface area contributed by atoms with Crippen molar-refractivity contribution >= 4 is 33.6 Å². The molecule has 2 aromatic carbocycles. The molecule has 0 spiro atoms. The molecule has 2 heterocycles. The monoisotopic (exact) mass is 485 g/mol. The minimum absolute atomic E-state index is 0.00376. The van der Waals surface area contributed by atoms with E-state index in [-0.39, 0.29) is 24.0 Å². The van der Waals surface area contributed by atoms with Crippen LogP contribution in [0.25, 0.3) is 0 Å². The van der Waals surface area contributed by atoms with Gasteiger partial charge in [-0.25, -0.2) is 4.79 Å². The molecule has 164 valence electrons. The number of ether oxygens (including phenoxy) is 1. The van der Waals surface area contributed by atoms with E-state index in [0.29, 0.717) is 26.2 Å². The summed E-state index contributed by atoms with van der Waals surface area (Å²) in [6, 6.07) is 13.8. The van der Waals surface area contributed by atoms with Gasteiger partial charge in [0.25, 0.3) is 0 Å². The lowest BCUT2D eigenvalue weighted by atomic mass is 9.97. The highest BCUT2D eigenvalue weighted by atomic mass is 79.9. The number of likely N-dealkylation sites (tertiary alicyclic amines) is 1. The number of benzene rings is 2. The molecule has 2 atom stereocenters. The van der Waals surface area contributed by atoms with Gasteiger partial charge in [-0.1, -0.05) is 34.1 Å². The fraction of sp³-hybridized carbons (Fsp3) is 0.417. The molecule has 0 radical (unpaired) electrons. The second-order valence-electron chi connectivity index (χ2n) is 8.43. The summed E-state index contributed by atoms with van der Waals surface area (Å²) in [5.41, 5.74) is 2.93. The Hall–Kier alpha value is -2.54. The highest BCUT2D eigenvalue weighted by Gasteiger charge is 2.34. The molecule has 6 nitrogen and oxygen atoms in total. The molecule has 0 bridgehead atoms. The van der Waals surface area contributed by atoms with Crippen LogP contribution >= 0.6 is 15.9 Å². The normalized spacial score (nSPS) is 20.6. The van der Waals surface area contributed by atoms with Crippen LogP contribution in [-0.2, 0) is 11.3 Å². The first-order chi connectivity index (χ1) is 14.9. The Morgan fingerprint density at radius 3 is 2.84 bits per heavy atom. The lowest BCUT2D eigenvalue weighted by molar-refractivity contribution is -0.126. The van der Waals surface area contributed by atoms with Gasteiger partial charge >= 0.3 is 6.03 Å². The summed E-state index contributed by atoms with van der Waals surface area (Å²) >= 11 is 3.46. The van der Waals surface area contributed by atoms with E-state index in [4.69, 9.17) is 4.74 Å². The van der Waals surface area contributed by atoms with Crippen molar-refractivity contribution in [1.82, 2.24) is 10.2 Å². The number of hydrogen-bond donors (Lipinski definition) is 1. The van der Waals surface area contributed by atoms with E-state index in [0.717, 1.165) is 39.9 Å². The minimum Gasteiger partial charge on any atom is -0.487 e. The number of hydrogen-bond acceptors (Lipinski definition) is 3. The molecule has 31 heavy (non-hydrogen) atoms. The number of urea groups is 1. The molecule has 7 heteroatoms. The van der Waals surface area contributed by atoms with Crippen LogP contribution in [0.15, 0.2) is 46.9 Å². The van der Waals surface area contributed by atoms with Gasteiger partial charge in [-0.2, -0.15) is 0 Å². The summed E-state index contributed by atoms with van der Waals surface area (Å²) in [6.45, 7) is 6.07. The zero-order chi connectivity index (χ0) is 22.0. The van der Waals surface area contributed by atoms with Crippen molar-refractivity contribution in [3.63, 3.8) is 0 Å². The molecule has 1 fully saturated rings. The zero-order valence-electron chi connectivity index (χ0n) is 17.9. The van der Waals surface area contributed by atoms with Crippen LogP contribution in [0.2, 0.25) is 0 Å². The molecular formula is C24H28BrN3O3. The van der Waals surface area contributed by atoms with Gasteiger partial charge in [0.2, 0.25) is 5.91 Å². The van der Waals surface area contributed by atoms with E-state index in [1.165, 1.54) is 0 Å². The van der Waals surface area contributed by atoms with Gasteiger partial charge in [0, 0.05) is 24.1 Å². The molecule has 0 saturated carbocycles. The van der Waals surface area contributed by atoms with Crippen LogP contribution < -0.4 is 15.0 Å². The van der Waals surface area contributed by atoms with Crippen molar-refractivity contribution in [2.24, 2.45) is 5.92 Å². The molecule has 2 aliphatic heterocycles. The second kappa shape index (κ2) is 9.30. The maximum absolute atomic E-state index is 13.4. The van der Waals surface area contributed by atoms with Gasteiger partial charge in [0.05, 0.1) is 18.2 Å². The second-order valence-corrected chi connectivity index (χ2v) is 9.34. The first-order valence-corrected chi connectivity index (χ1v) is 11.6. The van der Waals surface area contributed by atoms with E-state index in [1.807, 2.05) is 61.2 Å². The van der Waals surface area contributed by atoms with Crippen LogP contribution in [0.1, 0.15) is 30.9 Å². The Kier molecular flexibility index (Phi) is 6.51. The number of fused-ring (bicyclic) bond motifs is 1. The van der Waals surface area contributed by atoms with E-state index < -0.39 is 0 Å². The molecule has 3 amide bonds. The number of carbonyl (C=O) groups is 2. The highest BCUT2D eigenvalue weighted by molar-refractivity contribution is 9.10. The fourth-order valence-electron chi connectivity index (χ4n) is 4.24. The van der Waals surface area contributed by atoms with Gasteiger partial charge < -0.3 is 15.0 Å². The predicted molar refractivity (Wildman–Crippen MR) is 124 cm³/mol. The number of anilines is 1. The largest absolute Gasteiger partial charge is 0.487 e. The van der Waals surface area contributed by atoms with Gasteiger partial charge in [-0.3, -0.25) is 9.69 Å². The third-order valence-corrected chi connectivity index (χ3v) is 6.32. The molecule has 1 N–H and O–H groups in total. The lowest BCUT2D eigenvalue weighted by Crippen LogP contribution is -2.53. The molecule has 2 aromatic rings. The van der Waals surface area contributed by atoms with Crippen molar-refractivity contribution in [2.45, 2.75) is 39.3 Å². The molecule has 1 saturated heterocycles. The zero-order valence-corrected chi connectivity index (χ0v) is 19.5. The smallest absolute Gasteiger partial charge is 0.324 e. The van der Waals surface area contributed by atoms with Crippen LogP contribution in [0, 0.1) is 12.8 Å². The Balaban J connectivity index is 1.42. The maximum atomic E-state index is 13.4. The SMILES string of the molecule is Cc1ccc2c(c1)N(C(=O)N1CCC[C@@H](C(=O)NCc3cccc(Br)c3)C1)C[C@H](C)O2. The van der Waals surface area contributed by atoms with Gasteiger partial charge in [0.15, 0.2) is 0 Å². The average Bonchev–Trinajstić information content (AvgIpc) is 2.77. The van der Waals surface area contributed by atoms with E-state index in [1.54, 1.807) is 4.90 Å². The first kappa shape index (κ1) is 21.7. The molecule has 2 aliphatic rings. The molecule has 4 rings (SSSR count). The van der Waals surface area contributed by atoms with Crippen molar-refractivity contribution in [3.8, 4) is 5.75 Å². The molecular weight excluding hydrogens is 458 g/mol. The number of nitrogens with one attached hydrogen (secondary N) is 1. The summed E-state index contributed by atoms with van der Waals surface area (Å²) in [4.78, 5) is 29.8. The lowest BCUT2D eigenvalue weighted by Gasteiger charge is -2.39. The van der Waals surface area contributed by atoms with Crippen molar-refractivity contribution in [2.75, 3.05) is 24.5 Å². The van der Waals surface area contributed by atoms with Crippen LogP contribution in [0.4, 0.5) is 10.5 Å². The standard InChI is InChI=1S/C24H28BrN3O3/c1-16-8-9-22-21(11-16)28(14-17(2)31-22)24(30)27-10-4-6-19(15-27)23(29)26-13-18-5-3-7-20(25)12-18/h3,5,7-9,11-12,17,19H,4,6,10,13-15H2,1-2H3,(H,26,29)/t17-,19+/m0/s1. The summed E-state index contributed by atoms with van der Waals surface area (Å²) in [7, 11) is 0. The van der Waals surface area contributed by atoms with Gasteiger partial charge in [0.1, 0.15) is 11.9 Å². The Morgan fingerprint density at radius 2 is 2.03 bits per heavy atom. The number of rotatable bonds is 3. The third-order valence-electron chi connectivity index (χ3n) is 5.82. The highest BCUT2D eigenvalue weighted by Crippen LogP contribution is 2.35. The van der Waals surface area contributed by atoms with Crippen LogP contribution in [0.5, 0.6) is 5.75 Å². The third kappa shape index (κ3) is 5.03. The molecule has 0 unspecified atom stereocenters. The van der Waals surface area contributed by atoms with Gasteiger partial charge in [-0.05, 0) is 62.1 Å². The van der Waals surface area contributed by atoms with E-state index in [9.17, 15) is 9.59 Å². The van der Waals surface area contributed by atoms with Crippen LogP contribution in [-0.4, -0.2) is 42.6 Å². The molecule has 0 aromatic heterocycles. The topological polar surface area (TPSA) is 61.9 Å². The first-order valence-electron chi connectivity index (χ1n) is 10.8. The number of piperidine rings is 1. The van der Waals surface area contributed by atoms with Crippen molar-refractivity contribution in [1.29, 1.82) is 0 Å². The number of carbonyl (C=O) groups excluding carboxylic acids is 2. The Morgan fingerprint density at radius 1 is 1.19 bits per heavy atom. The van der Waals surface area contributed by atoms with Crippen molar-refractivity contribution < 1.29 is 14.3 Å². The Labute approximate surface area is 191 Å². The van der Waals surface area contributed by atoms with Crippen LogP contribution in [0.3, 0.4) is 0 Å². The number of halogens is 1. The summed E-state index contributed by atoms with van der Waals surface area (Å²) in [5.74, 6) is 0.544. The summed E-state index contributed by atoms with van der Waals surface area (Å²) < 4.78 is 6.91. The Bertz CT molecular complexity index is 980. The van der Waals surface area contributed by atoms with E-state index in [2.05, 4.69) is 21.2 Å². The van der Waals surface area contributed by atoms with E-state index >= 15 is 0 Å². The number of amides is 3. The fourth-order valence-corrected chi connectivity index (χ4v) is 4.69. The maximum Gasteiger partial charge on any atom is 0.324 e. The average molecular weight is 486 g/mol. The number of nitrogens with zero attached hydrogens (tertiary/aromatic N) is 2. The summed E-state index contributed by atoms with van der Waals surface area (Å²) in [6.07, 6.45) is 1.54. The minimum atomic E-state index is -0.194.